The van der Waals surface area contributed by atoms with Crippen LogP contribution >= 0.6 is 0 Å². The summed E-state index contributed by atoms with van der Waals surface area (Å²) < 4.78 is 5.29. The lowest BCUT2D eigenvalue weighted by molar-refractivity contribution is 0.0358. The van der Waals surface area contributed by atoms with Gasteiger partial charge in [0.1, 0.15) is 5.75 Å². The van der Waals surface area contributed by atoms with Crippen molar-refractivity contribution in [3.63, 3.8) is 0 Å². The summed E-state index contributed by atoms with van der Waals surface area (Å²) >= 11 is 0. The molecule has 0 aliphatic rings. The number of amides is 2. The number of hydrogen-bond donors (Lipinski definition) is 2. The maximum absolute atomic E-state index is 13.3. The summed E-state index contributed by atoms with van der Waals surface area (Å²) in [4.78, 5) is 30.2. The maximum atomic E-state index is 13.3. The van der Waals surface area contributed by atoms with Crippen LogP contribution in [0.5, 0.6) is 5.75 Å². The van der Waals surface area contributed by atoms with E-state index < -0.39 is 11.4 Å². The average molecular weight is 407 g/mol. The Morgan fingerprint density at radius 2 is 1.97 bits per heavy atom. The number of nitrogens with one attached hydrogen (secondary N) is 1. The second-order valence-corrected chi connectivity index (χ2v) is 7.84. The predicted octanol–water partition coefficient (Wildman–Crippen LogP) is 0.525. The molecule has 0 fully saturated rings. The van der Waals surface area contributed by atoms with Crippen molar-refractivity contribution >= 4 is 39.0 Å². The van der Waals surface area contributed by atoms with Gasteiger partial charge in [0.05, 0.1) is 12.6 Å². The summed E-state index contributed by atoms with van der Waals surface area (Å²) in [6.07, 6.45) is 1.62. The Bertz CT molecular complexity index is 971. The standard InChI is InChI=1S/C21H27B2N3O4/c1-13-16(7-6-8-18(13)30-5)19(27)25-26(21(2,3)4)20(28)14-9-10-15(12-24-22)17(11-14)23-29/h6-12,23,29H,22H2,1-5H3,(H,25,27)/b24-12-. The van der Waals surface area contributed by atoms with Crippen molar-refractivity contribution in [2.45, 2.75) is 33.2 Å². The molecule has 0 saturated heterocycles. The summed E-state index contributed by atoms with van der Waals surface area (Å²) in [5.74, 6) is -0.199. The number of benzene rings is 2. The summed E-state index contributed by atoms with van der Waals surface area (Å²) in [7, 11) is 2.95. The van der Waals surface area contributed by atoms with E-state index >= 15 is 0 Å². The zero-order chi connectivity index (χ0) is 22.5. The molecule has 2 N–H and O–H groups in total. The van der Waals surface area contributed by atoms with Gasteiger partial charge >= 0.3 is 7.48 Å². The maximum Gasteiger partial charge on any atom is 0.305 e. The minimum atomic E-state index is -0.692. The zero-order valence-electron chi connectivity index (χ0n) is 18.3. The van der Waals surface area contributed by atoms with E-state index in [0.717, 1.165) is 5.56 Å². The van der Waals surface area contributed by atoms with Crippen LogP contribution in [-0.2, 0) is 0 Å². The van der Waals surface area contributed by atoms with Gasteiger partial charge in [0.15, 0.2) is 0 Å². The average Bonchev–Trinajstić information content (AvgIpc) is 2.71. The number of methoxy groups -OCH3 is 1. The van der Waals surface area contributed by atoms with Gasteiger partial charge in [-0.1, -0.05) is 18.2 Å². The Morgan fingerprint density at radius 1 is 1.27 bits per heavy atom. The van der Waals surface area contributed by atoms with Crippen molar-refractivity contribution in [2.75, 3.05) is 7.11 Å². The molecule has 0 unspecified atom stereocenters. The first-order chi connectivity index (χ1) is 14.1. The minimum Gasteiger partial charge on any atom is -0.496 e. The number of carbonyl (C=O) groups excluding carboxylic acids is 2. The van der Waals surface area contributed by atoms with Gasteiger partial charge in [-0.2, -0.15) is 0 Å². The molecule has 0 aromatic heterocycles. The molecule has 0 aliphatic carbocycles. The molecule has 0 saturated carbocycles. The van der Waals surface area contributed by atoms with E-state index in [1.807, 2.05) is 20.8 Å². The Balaban J connectivity index is 2.39. The minimum absolute atomic E-state index is 0.229. The molecule has 30 heavy (non-hydrogen) atoms. The Labute approximate surface area is 178 Å². The second-order valence-electron chi connectivity index (χ2n) is 7.84. The van der Waals surface area contributed by atoms with Crippen LogP contribution in [0, 0.1) is 6.92 Å². The fourth-order valence-corrected chi connectivity index (χ4v) is 3.04. The van der Waals surface area contributed by atoms with Crippen molar-refractivity contribution in [2.24, 2.45) is 4.90 Å². The van der Waals surface area contributed by atoms with Gasteiger partial charge in [0.25, 0.3) is 11.8 Å². The van der Waals surface area contributed by atoms with Crippen molar-refractivity contribution in [1.82, 2.24) is 10.4 Å². The second kappa shape index (κ2) is 9.63. The van der Waals surface area contributed by atoms with E-state index in [9.17, 15) is 14.6 Å². The van der Waals surface area contributed by atoms with Crippen LogP contribution in [0.1, 0.15) is 52.6 Å². The lowest BCUT2D eigenvalue weighted by atomic mass is 9.83. The third kappa shape index (κ3) is 5.10. The van der Waals surface area contributed by atoms with Crippen LogP contribution in [0.25, 0.3) is 0 Å². The monoisotopic (exact) mass is 407 g/mol. The SMILES string of the molecule is B/N=C\c1ccc(C(=O)N(NC(=O)c2cccc(OC)c2C)C(C)(C)C)cc1BO. The highest BCUT2D eigenvalue weighted by atomic mass is 16.5. The lowest BCUT2D eigenvalue weighted by Crippen LogP contribution is -2.56. The third-order valence-corrected chi connectivity index (χ3v) is 4.66. The van der Waals surface area contributed by atoms with E-state index in [-0.39, 0.29) is 13.4 Å². The van der Waals surface area contributed by atoms with Crippen LogP contribution < -0.4 is 15.6 Å². The highest BCUT2D eigenvalue weighted by molar-refractivity contribution is 6.48. The molecule has 0 aliphatic heterocycles. The molecule has 0 radical (unpaired) electrons. The van der Waals surface area contributed by atoms with Crippen molar-refractivity contribution in [1.29, 1.82) is 0 Å². The first-order valence-electron chi connectivity index (χ1n) is 9.59. The van der Waals surface area contributed by atoms with Gasteiger partial charge < -0.3 is 14.7 Å². The summed E-state index contributed by atoms with van der Waals surface area (Å²) in [5.41, 5.74) is 4.81. The molecule has 0 atom stereocenters. The van der Waals surface area contributed by atoms with Crippen LogP contribution in [0.4, 0.5) is 0 Å². The molecule has 9 heteroatoms. The smallest absolute Gasteiger partial charge is 0.305 e. The molecule has 2 amide bonds. The van der Waals surface area contributed by atoms with E-state index in [4.69, 9.17) is 4.74 Å². The molecule has 2 aromatic rings. The predicted molar refractivity (Wildman–Crippen MR) is 123 cm³/mol. The number of nitrogens with zero attached hydrogens (tertiary/aromatic N) is 2. The van der Waals surface area contributed by atoms with E-state index in [1.54, 1.807) is 64.6 Å². The number of ether oxygens (including phenoxy) is 1. The molecule has 2 rings (SSSR count). The third-order valence-electron chi connectivity index (χ3n) is 4.66. The molecule has 2 aromatic carbocycles. The highest BCUT2D eigenvalue weighted by Gasteiger charge is 2.30. The molecule has 0 heterocycles. The van der Waals surface area contributed by atoms with Gasteiger partial charge in [-0.3, -0.25) is 15.0 Å². The zero-order valence-corrected chi connectivity index (χ0v) is 18.3. The normalized spacial score (nSPS) is 11.3. The number of hydrazine groups is 1. The fraction of sp³-hybridized carbons (Fsp3) is 0.286. The van der Waals surface area contributed by atoms with Gasteiger partial charge in [0, 0.05) is 22.9 Å². The summed E-state index contributed by atoms with van der Waals surface area (Å²) in [6, 6.07) is 10.2. The highest BCUT2D eigenvalue weighted by Crippen LogP contribution is 2.22. The first-order valence-corrected chi connectivity index (χ1v) is 9.59. The summed E-state index contributed by atoms with van der Waals surface area (Å²) in [6.45, 7) is 7.27. The van der Waals surface area contributed by atoms with Gasteiger partial charge in [0.2, 0.25) is 7.98 Å². The Kier molecular flexibility index (Phi) is 7.45. The van der Waals surface area contributed by atoms with Crippen molar-refractivity contribution in [3.8, 4) is 5.75 Å². The summed E-state index contributed by atoms with van der Waals surface area (Å²) in [5, 5.41) is 11.0. The van der Waals surface area contributed by atoms with Crippen molar-refractivity contribution < 1.29 is 19.3 Å². The van der Waals surface area contributed by atoms with E-state index in [2.05, 4.69) is 10.3 Å². The Morgan fingerprint density at radius 3 is 2.53 bits per heavy atom. The molecule has 0 spiro atoms. The van der Waals surface area contributed by atoms with Gasteiger partial charge in [-0.05, 0) is 56.9 Å². The van der Waals surface area contributed by atoms with Crippen LogP contribution in [0.2, 0.25) is 0 Å². The number of rotatable bonds is 5. The topological polar surface area (TPSA) is 91.2 Å². The molecule has 7 nitrogen and oxygen atoms in total. The van der Waals surface area contributed by atoms with E-state index in [0.29, 0.717) is 27.9 Å². The number of carbonyl (C=O) groups is 2. The van der Waals surface area contributed by atoms with Crippen LogP contribution in [-0.4, -0.2) is 56.2 Å². The molecular formula is C21H27B2N3O4. The van der Waals surface area contributed by atoms with Crippen LogP contribution in [0.3, 0.4) is 0 Å². The number of hydrogen-bond acceptors (Lipinski definition) is 5. The van der Waals surface area contributed by atoms with E-state index in [1.165, 1.54) is 5.01 Å². The van der Waals surface area contributed by atoms with Crippen LogP contribution in [0.15, 0.2) is 41.3 Å². The lowest BCUT2D eigenvalue weighted by Gasteiger charge is -2.35. The fourth-order valence-electron chi connectivity index (χ4n) is 3.04. The molecule has 0 bridgehead atoms. The van der Waals surface area contributed by atoms with Gasteiger partial charge in [-0.25, -0.2) is 5.01 Å². The quantitative estimate of drug-likeness (QED) is 0.430. The van der Waals surface area contributed by atoms with Gasteiger partial charge in [-0.15, -0.1) is 0 Å². The van der Waals surface area contributed by atoms with Crippen molar-refractivity contribution in [3.05, 3.63) is 58.7 Å². The molecular weight excluding hydrogens is 380 g/mol. The first kappa shape index (κ1) is 23.2. The molecule has 156 valence electrons. The largest absolute Gasteiger partial charge is 0.496 e. The Hall–Kier alpha value is -3.06.